The van der Waals surface area contributed by atoms with Crippen LogP contribution in [0.25, 0.3) is 5.57 Å². The van der Waals surface area contributed by atoms with Crippen LogP contribution in [-0.4, -0.2) is 25.2 Å². The van der Waals surface area contributed by atoms with Gasteiger partial charge in [-0.05, 0) is 43.2 Å². The maximum absolute atomic E-state index is 13.7. The fourth-order valence-corrected chi connectivity index (χ4v) is 4.14. The monoisotopic (exact) mass is 386 g/mol. The summed E-state index contributed by atoms with van der Waals surface area (Å²) in [5.41, 5.74) is 2.75. The molecule has 0 radical (unpaired) electrons. The molecule has 0 spiro atoms. The van der Waals surface area contributed by atoms with Gasteiger partial charge in [0, 0.05) is 12.6 Å². The van der Waals surface area contributed by atoms with Crippen LogP contribution in [0.3, 0.4) is 0 Å². The van der Waals surface area contributed by atoms with E-state index in [1.54, 1.807) is 6.20 Å². The molecule has 1 aliphatic rings. The summed E-state index contributed by atoms with van der Waals surface area (Å²) in [5.74, 6) is -1.14. The van der Waals surface area contributed by atoms with Gasteiger partial charge in [-0.15, -0.1) is 0 Å². The van der Waals surface area contributed by atoms with E-state index in [1.807, 2.05) is 30.4 Å². The largest absolute Gasteiger partial charge is 0.298 e. The summed E-state index contributed by atoms with van der Waals surface area (Å²) in [5, 5.41) is 0. The highest BCUT2D eigenvalue weighted by Crippen LogP contribution is 2.28. The number of nitrogens with zero attached hydrogens (tertiary/aromatic N) is 1. The number of allylic oxidation sites excluding steroid dienone is 4. The molecule has 1 aromatic heterocycles. The molecule has 7 heteroatoms. The molecule has 140 valence electrons. The van der Waals surface area contributed by atoms with Crippen LogP contribution in [0.5, 0.6) is 0 Å². The zero-order chi connectivity index (χ0) is 19.4. The van der Waals surface area contributed by atoms with E-state index in [0.29, 0.717) is 6.42 Å². The molecule has 1 N–H and O–H groups in total. The van der Waals surface area contributed by atoms with Crippen LogP contribution < -0.4 is 4.72 Å². The summed E-state index contributed by atoms with van der Waals surface area (Å²) in [6, 6.07) is 9.73. The summed E-state index contributed by atoms with van der Waals surface area (Å²) < 4.78 is 40.6. The van der Waals surface area contributed by atoms with Crippen LogP contribution in [0, 0.1) is 5.82 Å². The highest BCUT2D eigenvalue weighted by Gasteiger charge is 2.25. The van der Waals surface area contributed by atoms with Crippen LogP contribution in [0.2, 0.25) is 0 Å². The summed E-state index contributed by atoms with van der Waals surface area (Å²) in [7, 11) is -4.11. The Kier molecular flexibility index (Phi) is 5.62. The molecule has 0 aliphatic heterocycles. The topological polar surface area (TPSA) is 76.1 Å². The SMILES string of the molecule is C[C@H](NS(=O)(=O)c1ccccc1F)C(=O)CC1=CC=C(c2ccccn2)C1. The predicted molar refractivity (Wildman–Crippen MR) is 101 cm³/mol. The van der Waals surface area contributed by atoms with E-state index in [9.17, 15) is 17.6 Å². The zero-order valence-electron chi connectivity index (χ0n) is 14.7. The van der Waals surface area contributed by atoms with Crippen molar-refractivity contribution in [2.75, 3.05) is 0 Å². The number of ketones is 1. The molecule has 1 aromatic carbocycles. The first kappa shape index (κ1) is 19.1. The molecule has 1 heterocycles. The van der Waals surface area contributed by atoms with Crippen molar-refractivity contribution >= 4 is 21.4 Å². The van der Waals surface area contributed by atoms with Crippen molar-refractivity contribution in [3.63, 3.8) is 0 Å². The lowest BCUT2D eigenvalue weighted by molar-refractivity contribution is -0.119. The van der Waals surface area contributed by atoms with Gasteiger partial charge in [-0.2, -0.15) is 0 Å². The first-order chi connectivity index (χ1) is 12.9. The second kappa shape index (κ2) is 7.94. The highest BCUT2D eigenvalue weighted by molar-refractivity contribution is 7.89. The van der Waals surface area contributed by atoms with Crippen molar-refractivity contribution in [1.82, 2.24) is 9.71 Å². The third-order valence-corrected chi connectivity index (χ3v) is 5.85. The smallest absolute Gasteiger partial charge is 0.244 e. The van der Waals surface area contributed by atoms with E-state index in [0.717, 1.165) is 29.0 Å². The lowest BCUT2D eigenvalue weighted by Gasteiger charge is -2.14. The Morgan fingerprint density at radius 1 is 1.19 bits per heavy atom. The number of aromatic nitrogens is 1. The minimum atomic E-state index is -4.11. The Bertz CT molecular complexity index is 1010. The molecular formula is C20H19FN2O3S. The zero-order valence-corrected chi connectivity index (χ0v) is 15.5. The van der Waals surface area contributed by atoms with Crippen LogP contribution in [0.15, 0.2) is 71.3 Å². The summed E-state index contributed by atoms with van der Waals surface area (Å²) in [4.78, 5) is 16.3. The average molecular weight is 386 g/mol. The minimum absolute atomic E-state index is 0.119. The Balaban J connectivity index is 1.60. The van der Waals surface area contributed by atoms with E-state index >= 15 is 0 Å². The van der Waals surface area contributed by atoms with Gasteiger partial charge < -0.3 is 0 Å². The van der Waals surface area contributed by atoms with Gasteiger partial charge in [0.05, 0.1) is 11.7 Å². The Morgan fingerprint density at radius 3 is 2.63 bits per heavy atom. The van der Waals surface area contributed by atoms with Crippen molar-refractivity contribution in [3.05, 3.63) is 77.9 Å². The molecule has 27 heavy (non-hydrogen) atoms. The molecule has 0 amide bonds. The molecular weight excluding hydrogens is 367 g/mol. The van der Waals surface area contributed by atoms with Crippen LogP contribution in [0.1, 0.15) is 25.5 Å². The van der Waals surface area contributed by atoms with Crippen molar-refractivity contribution in [3.8, 4) is 0 Å². The Hall–Kier alpha value is -2.64. The highest BCUT2D eigenvalue weighted by atomic mass is 32.2. The van der Waals surface area contributed by atoms with E-state index in [2.05, 4.69) is 9.71 Å². The number of halogens is 1. The number of carbonyl (C=O) groups excluding carboxylic acids is 1. The van der Waals surface area contributed by atoms with Crippen molar-refractivity contribution in [2.45, 2.75) is 30.7 Å². The van der Waals surface area contributed by atoms with Crippen molar-refractivity contribution in [2.24, 2.45) is 0 Å². The second-order valence-electron chi connectivity index (χ2n) is 6.33. The summed E-state index contributed by atoms with van der Waals surface area (Å²) >= 11 is 0. The van der Waals surface area contributed by atoms with E-state index in [-0.39, 0.29) is 12.2 Å². The number of nitrogens with one attached hydrogen (secondary N) is 1. The summed E-state index contributed by atoms with van der Waals surface area (Å²) in [6.07, 6.45) is 6.20. The number of hydrogen-bond donors (Lipinski definition) is 1. The number of sulfonamides is 1. The maximum Gasteiger partial charge on any atom is 0.244 e. The van der Waals surface area contributed by atoms with Gasteiger partial charge in [0.25, 0.3) is 0 Å². The first-order valence-corrected chi connectivity index (χ1v) is 9.95. The molecule has 0 saturated carbocycles. The van der Waals surface area contributed by atoms with E-state index in [1.165, 1.54) is 19.1 Å². The normalized spacial score (nSPS) is 15.2. The first-order valence-electron chi connectivity index (χ1n) is 8.46. The second-order valence-corrected chi connectivity index (χ2v) is 8.01. The third kappa shape index (κ3) is 4.56. The number of carbonyl (C=O) groups is 1. The molecule has 0 unspecified atom stereocenters. The average Bonchev–Trinajstić information content (AvgIpc) is 3.11. The molecule has 3 rings (SSSR count). The fraction of sp³-hybridized carbons (Fsp3) is 0.200. The third-order valence-electron chi connectivity index (χ3n) is 4.27. The van der Waals surface area contributed by atoms with Gasteiger partial charge >= 0.3 is 0 Å². The van der Waals surface area contributed by atoms with Gasteiger partial charge in [0.15, 0.2) is 5.78 Å². The lowest BCUT2D eigenvalue weighted by atomic mass is 10.0. The standard InChI is InChI=1S/C20H19FN2O3S/c1-14(23-27(25,26)20-8-3-2-6-17(20)21)19(24)13-15-9-10-16(12-15)18-7-4-5-11-22-18/h2-11,14,23H,12-13H2,1H3/t14-/m0/s1. The van der Waals surface area contributed by atoms with Gasteiger partial charge in [0.2, 0.25) is 10.0 Å². The summed E-state index contributed by atoms with van der Waals surface area (Å²) in [6.45, 7) is 1.46. The van der Waals surface area contributed by atoms with Gasteiger partial charge in [-0.25, -0.2) is 17.5 Å². The minimum Gasteiger partial charge on any atom is -0.298 e. The number of Topliss-reactive ketones (excluding diaryl/α,β-unsaturated/α-hetero) is 1. The predicted octanol–water partition coefficient (Wildman–Crippen LogP) is 3.26. The molecule has 2 aromatic rings. The lowest BCUT2D eigenvalue weighted by Crippen LogP contribution is -2.38. The quantitative estimate of drug-likeness (QED) is 0.792. The van der Waals surface area contributed by atoms with E-state index in [4.69, 9.17) is 0 Å². The Labute approximate surface area is 157 Å². The molecule has 5 nitrogen and oxygen atoms in total. The molecule has 1 aliphatic carbocycles. The number of rotatable bonds is 7. The van der Waals surface area contributed by atoms with Gasteiger partial charge in [-0.3, -0.25) is 9.78 Å². The van der Waals surface area contributed by atoms with Crippen molar-refractivity contribution in [1.29, 1.82) is 0 Å². The Morgan fingerprint density at radius 2 is 1.93 bits per heavy atom. The molecule has 1 atom stereocenters. The molecule has 0 fully saturated rings. The van der Waals surface area contributed by atoms with Gasteiger partial charge in [0.1, 0.15) is 10.7 Å². The molecule has 0 saturated heterocycles. The number of pyridine rings is 1. The number of hydrogen-bond acceptors (Lipinski definition) is 4. The van der Waals surface area contributed by atoms with Crippen LogP contribution in [0.4, 0.5) is 4.39 Å². The van der Waals surface area contributed by atoms with Crippen LogP contribution >= 0.6 is 0 Å². The van der Waals surface area contributed by atoms with Crippen molar-refractivity contribution < 1.29 is 17.6 Å². The van der Waals surface area contributed by atoms with E-state index < -0.39 is 26.8 Å². The molecule has 0 bridgehead atoms. The maximum atomic E-state index is 13.7. The van der Waals surface area contributed by atoms with Crippen LogP contribution in [-0.2, 0) is 14.8 Å². The number of benzene rings is 1. The fourth-order valence-electron chi connectivity index (χ4n) is 2.83. The van der Waals surface area contributed by atoms with Gasteiger partial charge in [-0.1, -0.05) is 35.9 Å².